The Morgan fingerprint density at radius 2 is 1.80 bits per heavy atom. The third kappa shape index (κ3) is 2.87. The van der Waals surface area contributed by atoms with E-state index in [0.717, 1.165) is 12.3 Å². The highest BCUT2D eigenvalue weighted by Gasteiger charge is 2.33. The van der Waals surface area contributed by atoms with Crippen molar-refractivity contribution in [2.45, 2.75) is 19.5 Å². The van der Waals surface area contributed by atoms with Gasteiger partial charge < -0.3 is 0 Å². The Morgan fingerprint density at radius 1 is 1.15 bits per heavy atom. The average Bonchev–Trinajstić information content (AvgIpc) is 2.46. The number of rotatable bonds is 3. The van der Waals surface area contributed by atoms with Gasteiger partial charge in [-0.2, -0.15) is 13.2 Å². The molecule has 2 aromatic rings. The molecule has 0 radical (unpaired) electrons. The zero-order valence-corrected chi connectivity index (χ0v) is 10.7. The maximum absolute atomic E-state index is 12.9. The van der Waals surface area contributed by atoms with Gasteiger partial charge in [0.1, 0.15) is 0 Å². The van der Waals surface area contributed by atoms with E-state index in [9.17, 15) is 18.0 Å². The van der Waals surface area contributed by atoms with Crippen LogP contribution < -0.4 is 0 Å². The predicted octanol–water partition coefficient (Wildman–Crippen LogP) is 4.36. The molecule has 0 aliphatic heterocycles. The van der Waals surface area contributed by atoms with Crippen molar-refractivity contribution in [3.05, 3.63) is 53.9 Å². The topological polar surface area (TPSA) is 30.0 Å². The van der Waals surface area contributed by atoms with E-state index in [-0.39, 0.29) is 11.3 Å². The second-order valence-electron chi connectivity index (χ2n) is 4.27. The van der Waals surface area contributed by atoms with Crippen molar-refractivity contribution in [3.63, 3.8) is 0 Å². The van der Waals surface area contributed by atoms with Gasteiger partial charge >= 0.3 is 6.18 Å². The molecule has 1 heterocycles. The molecule has 1 aromatic heterocycles. The van der Waals surface area contributed by atoms with Gasteiger partial charge in [-0.25, -0.2) is 0 Å². The maximum atomic E-state index is 12.9. The molecule has 0 bridgehead atoms. The zero-order valence-electron chi connectivity index (χ0n) is 10.7. The molecule has 0 unspecified atom stereocenters. The van der Waals surface area contributed by atoms with Crippen molar-refractivity contribution < 1.29 is 18.0 Å². The molecule has 0 aliphatic rings. The first kappa shape index (κ1) is 14.2. The molecule has 1 aromatic carbocycles. The number of nitrogens with zero attached hydrogens (tertiary/aromatic N) is 1. The summed E-state index contributed by atoms with van der Waals surface area (Å²) in [5, 5.41) is 0. The fraction of sp³-hybridized carbons (Fsp3) is 0.200. The summed E-state index contributed by atoms with van der Waals surface area (Å²) >= 11 is 0. The van der Waals surface area contributed by atoms with E-state index in [4.69, 9.17) is 0 Å². The molecule has 0 amide bonds. The number of benzene rings is 1. The molecule has 20 heavy (non-hydrogen) atoms. The second-order valence-corrected chi connectivity index (χ2v) is 4.27. The summed E-state index contributed by atoms with van der Waals surface area (Å²) in [6.07, 6.45) is -1.78. The Morgan fingerprint density at radius 3 is 2.35 bits per heavy atom. The maximum Gasteiger partial charge on any atom is 0.417 e. The molecule has 2 nitrogen and oxygen atoms in total. The Hall–Kier alpha value is -2.17. The van der Waals surface area contributed by atoms with E-state index in [0.29, 0.717) is 17.5 Å². The molecular formula is C15H12F3NO. The third-order valence-electron chi connectivity index (χ3n) is 2.97. The normalized spacial score (nSPS) is 11.4. The number of Topliss-reactive ketones (excluding diaryl/α,β-unsaturated/α-hetero) is 1. The summed E-state index contributed by atoms with van der Waals surface area (Å²) in [6, 6.07) is 7.04. The molecule has 0 saturated heterocycles. The van der Waals surface area contributed by atoms with E-state index < -0.39 is 11.7 Å². The smallest absolute Gasteiger partial charge is 0.294 e. The lowest BCUT2D eigenvalue weighted by molar-refractivity contribution is -0.137. The van der Waals surface area contributed by atoms with Crippen LogP contribution in [0.3, 0.4) is 0 Å². The molecule has 0 atom stereocenters. The van der Waals surface area contributed by atoms with Gasteiger partial charge in [-0.1, -0.05) is 31.2 Å². The van der Waals surface area contributed by atoms with Crippen LogP contribution in [-0.2, 0) is 6.18 Å². The van der Waals surface area contributed by atoms with Crippen molar-refractivity contribution in [1.29, 1.82) is 0 Å². The van der Waals surface area contributed by atoms with Gasteiger partial charge in [0.05, 0.1) is 5.56 Å². The lowest BCUT2D eigenvalue weighted by Gasteiger charge is -2.12. The van der Waals surface area contributed by atoms with E-state index in [1.807, 2.05) is 0 Å². The third-order valence-corrected chi connectivity index (χ3v) is 2.97. The fourth-order valence-electron chi connectivity index (χ4n) is 1.91. The summed E-state index contributed by atoms with van der Waals surface area (Å²) in [6.45, 7) is 1.74. The molecular weight excluding hydrogens is 267 g/mol. The molecule has 0 spiro atoms. The van der Waals surface area contributed by atoms with Crippen LogP contribution in [-0.4, -0.2) is 10.8 Å². The molecule has 5 heteroatoms. The largest absolute Gasteiger partial charge is 0.417 e. The van der Waals surface area contributed by atoms with Gasteiger partial charge in [-0.3, -0.25) is 9.78 Å². The number of ketones is 1. The van der Waals surface area contributed by atoms with Crippen LogP contribution in [0.2, 0.25) is 0 Å². The Bertz CT molecular complexity index is 618. The van der Waals surface area contributed by atoms with Crippen LogP contribution in [0, 0.1) is 0 Å². The number of hydrogen-bond acceptors (Lipinski definition) is 2. The van der Waals surface area contributed by atoms with Crippen LogP contribution in [0.5, 0.6) is 0 Å². The number of aromatic nitrogens is 1. The minimum atomic E-state index is -4.43. The summed E-state index contributed by atoms with van der Waals surface area (Å²) in [5.74, 6) is -0.0428. The minimum absolute atomic E-state index is 0.00972. The fourth-order valence-corrected chi connectivity index (χ4v) is 1.91. The second kappa shape index (κ2) is 5.45. The number of pyridine rings is 1. The van der Waals surface area contributed by atoms with Gasteiger partial charge in [-0.05, 0) is 11.6 Å². The standard InChI is InChI=1S/C15H12F3NO/c1-2-14(20)11-5-3-10(4-6-11)12-9-19-8-7-13(12)15(16,17)18/h3-9H,2H2,1H3. The van der Waals surface area contributed by atoms with Crippen LogP contribution >= 0.6 is 0 Å². The number of carbonyl (C=O) groups is 1. The minimum Gasteiger partial charge on any atom is -0.294 e. The Balaban J connectivity index is 2.45. The zero-order chi connectivity index (χ0) is 14.8. The van der Waals surface area contributed by atoms with Crippen molar-refractivity contribution in [2.75, 3.05) is 0 Å². The molecule has 2 rings (SSSR count). The molecule has 104 valence electrons. The summed E-state index contributed by atoms with van der Waals surface area (Å²) < 4.78 is 38.7. The van der Waals surface area contributed by atoms with E-state index in [2.05, 4.69) is 4.98 Å². The Labute approximate surface area is 114 Å². The van der Waals surface area contributed by atoms with E-state index >= 15 is 0 Å². The SMILES string of the molecule is CCC(=O)c1ccc(-c2cnccc2C(F)(F)F)cc1. The van der Waals surface area contributed by atoms with Gasteiger partial charge in [0.2, 0.25) is 0 Å². The molecule has 0 aliphatic carbocycles. The lowest BCUT2D eigenvalue weighted by atomic mass is 9.99. The first-order valence-corrected chi connectivity index (χ1v) is 6.08. The summed E-state index contributed by atoms with van der Waals surface area (Å²) in [4.78, 5) is 15.2. The lowest BCUT2D eigenvalue weighted by Crippen LogP contribution is -2.07. The average molecular weight is 279 g/mol. The number of hydrogen-bond donors (Lipinski definition) is 0. The first-order chi connectivity index (χ1) is 9.43. The number of halogens is 3. The van der Waals surface area contributed by atoms with E-state index in [1.165, 1.54) is 30.5 Å². The van der Waals surface area contributed by atoms with Crippen molar-refractivity contribution in [3.8, 4) is 11.1 Å². The van der Waals surface area contributed by atoms with Gasteiger partial charge in [-0.15, -0.1) is 0 Å². The summed E-state index contributed by atoms with van der Waals surface area (Å²) in [7, 11) is 0. The van der Waals surface area contributed by atoms with Crippen LogP contribution in [0.15, 0.2) is 42.7 Å². The van der Waals surface area contributed by atoms with Gasteiger partial charge in [0, 0.05) is 29.9 Å². The quantitative estimate of drug-likeness (QED) is 0.781. The van der Waals surface area contributed by atoms with Crippen molar-refractivity contribution >= 4 is 5.78 Å². The van der Waals surface area contributed by atoms with Crippen LogP contribution in [0.25, 0.3) is 11.1 Å². The highest BCUT2D eigenvalue weighted by atomic mass is 19.4. The molecule has 0 saturated carbocycles. The van der Waals surface area contributed by atoms with Crippen LogP contribution in [0.1, 0.15) is 29.3 Å². The van der Waals surface area contributed by atoms with E-state index in [1.54, 1.807) is 6.92 Å². The van der Waals surface area contributed by atoms with Crippen molar-refractivity contribution in [1.82, 2.24) is 4.98 Å². The number of carbonyl (C=O) groups excluding carboxylic acids is 1. The Kier molecular flexibility index (Phi) is 3.88. The highest BCUT2D eigenvalue weighted by molar-refractivity contribution is 5.96. The monoisotopic (exact) mass is 279 g/mol. The number of alkyl halides is 3. The van der Waals surface area contributed by atoms with Gasteiger partial charge in [0.15, 0.2) is 5.78 Å². The van der Waals surface area contributed by atoms with Gasteiger partial charge in [0.25, 0.3) is 0 Å². The highest BCUT2D eigenvalue weighted by Crippen LogP contribution is 2.36. The first-order valence-electron chi connectivity index (χ1n) is 6.08. The summed E-state index contributed by atoms with van der Waals surface area (Å²) in [5.41, 5.74) is 0.157. The van der Waals surface area contributed by atoms with Crippen LogP contribution in [0.4, 0.5) is 13.2 Å². The molecule has 0 fully saturated rings. The molecule has 0 N–H and O–H groups in total. The predicted molar refractivity (Wildman–Crippen MR) is 69.3 cm³/mol. The van der Waals surface area contributed by atoms with Crippen molar-refractivity contribution in [2.24, 2.45) is 0 Å².